The Bertz CT molecular complexity index is 1900. The topological polar surface area (TPSA) is 323 Å². The largest absolute Gasteiger partial charge is 0.462 e. The van der Waals surface area contributed by atoms with Gasteiger partial charge in [-0.25, -0.2) is 4.79 Å². The van der Waals surface area contributed by atoms with Crippen LogP contribution in [0.2, 0.25) is 0 Å². The van der Waals surface area contributed by atoms with Crippen LogP contribution in [-0.4, -0.2) is 193 Å². The second-order valence-corrected chi connectivity index (χ2v) is 20.3. The summed E-state index contributed by atoms with van der Waals surface area (Å²) in [6.07, 6.45) is -19.7. The third kappa shape index (κ3) is 8.19. The Balaban J connectivity index is 0.940. The molecule has 4 aliphatic carbocycles. The van der Waals surface area contributed by atoms with E-state index in [0.29, 0.717) is 32.1 Å². The summed E-state index contributed by atoms with van der Waals surface area (Å²) in [7, 11) is 1.27. The maximum absolute atomic E-state index is 13.0. The molecule has 0 amide bonds. The summed E-state index contributed by atoms with van der Waals surface area (Å²) >= 11 is 0. The molecule has 0 aromatic carbocycles. The van der Waals surface area contributed by atoms with Crippen molar-refractivity contribution in [3.63, 3.8) is 0 Å². The zero-order chi connectivity index (χ0) is 47.8. The van der Waals surface area contributed by atoms with Gasteiger partial charge in [0.15, 0.2) is 18.9 Å². The number of ether oxygens (including phenoxy) is 8. The highest BCUT2D eigenvalue weighted by Crippen LogP contribution is 2.72. The molecule has 24 unspecified atom stereocenters. The van der Waals surface area contributed by atoms with E-state index in [4.69, 9.17) is 42.3 Å². The molecule has 8 rings (SSSR count). The molecule has 7 fully saturated rings. The fourth-order valence-electron chi connectivity index (χ4n) is 13.4. The average molecular weight is 945 g/mol. The number of hydrogen-bond donors (Lipinski definition) is 10. The van der Waals surface area contributed by atoms with Crippen LogP contribution >= 0.6 is 0 Å². The van der Waals surface area contributed by atoms with Gasteiger partial charge < -0.3 is 93.4 Å². The summed E-state index contributed by atoms with van der Waals surface area (Å²) in [6.45, 7) is 5.27. The van der Waals surface area contributed by atoms with Crippen molar-refractivity contribution in [1.82, 2.24) is 0 Å². The molecule has 7 aliphatic rings. The van der Waals surface area contributed by atoms with Crippen molar-refractivity contribution >= 4 is 5.97 Å². The normalized spacial score (nSPS) is 51.6. The predicted molar refractivity (Wildman–Crippen MR) is 221 cm³/mol. The smallest absolute Gasteiger partial charge is 0.335 e. The van der Waals surface area contributed by atoms with E-state index in [1.807, 2.05) is 13.8 Å². The minimum atomic E-state index is -1.91. The van der Waals surface area contributed by atoms with Gasteiger partial charge in [0.05, 0.1) is 37.3 Å². The number of hydrogen-bond acceptors (Lipinski definition) is 21. The van der Waals surface area contributed by atoms with Gasteiger partial charge in [0.25, 0.3) is 0 Å². The van der Waals surface area contributed by atoms with Crippen LogP contribution in [0.3, 0.4) is 0 Å². The minimum Gasteiger partial charge on any atom is -0.462 e. The van der Waals surface area contributed by atoms with Gasteiger partial charge in [-0.1, -0.05) is 13.8 Å². The standard InChI is InChI=1S/C45H68O21/c1-19-30(50)38(58-5)35(55)41(60-19)66-37-27(17-47)64-40(34(54)32(37)52)65-36-26(16-46)63-39(33(53)31(36)51)62-22-8-11-42(3)24(14-22)25(61-20(2)48)15-44(56)28(42)10-12-43(4)23(9-13-45(43,44)57)21-6-7-29(49)59-18-21/h6-7,18-19,22-28,30-41,46-47,50-57H,8-17H2,1-5H3. The van der Waals surface area contributed by atoms with E-state index in [9.17, 15) is 60.7 Å². The monoisotopic (exact) mass is 944 g/mol. The second kappa shape index (κ2) is 18.8. The molecule has 0 spiro atoms. The SMILES string of the molecule is COC1C(O)C(C)OC(OC2C(CO)OC(OC3C(CO)OC(OC4CCC5(C)C(C4)C(OC(C)=O)CC4(O)C5CCC5(C)C(c6ccc(=O)oc6)CCC54O)C(O)C3O)C(O)C2O)C1O. The molecular formula is C45H68O21. The molecule has 3 aliphatic heterocycles. The van der Waals surface area contributed by atoms with Gasteiger partial charge in [-0.3, -0.25) is 4.79 Å². The van der Waals surface area contributed by atoms with Crippen LogP contribution in [0.25, 0.3) is 0 Å². The van der Waals surface area contributed by atoms with Crippen LogP contribution in [0.15, 0.2) is 27.6 Å². The second-order valence-electron chi connectivity index (χ2n) is 20.3. The fourth-order valence-corrected chi connectivity index (χ4v) is 13.4. The Morgan fingerprint density at radius 2 is 1.36 bits per heavy atom. The number of carbonyl (C=O) groups excluding carboxylic acids is 1. The van der Waals surface area contributed by atoms with Gasteiger partial charge in [-0.2, -0.15) is 0 Å². The maximum Gasteiger partial charge on any atom is 0.335 e. The zero-order valence-corrected chi connectivity index (χ0v) is 37.8. The average Bonchev–Trinajstić information content (AvgIpc) is 3.56. The Hall–Kier alpha value is -2.26. The van der Waals surface area contributed by atoms with Crippen LogP contribution in [0.1, 0.15) is 90.5 Å². The summed E-state index contributed by atoms with van der Waals surface area (Å²) in [6, 6.07) is 3.06. The molecule has 66 heavy (non-hydrogen) atoms. The van der Waals surface area contributed by atoms with Gasteiger partial charge in [0, 0.05) is 37.9 Å². The van der Waals surface area contributed by atoms with Crippen molar-refractivity contribution in [2.45, 2.75) is 201 Å². The van der Waals surface area contributed by atoms with Gasteiger partial charge in [-0.05, 0) is 80.8 Å². The summed E-state index contributed by atoms with van der Waals surface area (Å²) in [4.78, 5) is 24.5. The molecule has 1 aromatic rings. The minimum absolute atomic E-state index is 0.0402. The number of carbonyl (C=O) groups is 1. The molecule has 1 aromatic heterocycles. The molecule has 10 N–H and O–H groups in total. The van der Waals surface area contributed by atoms with Crippen molar-refractivity contribution in [2.75, 3.05) is 20.3 Å². The van der Waals surface area contributed by atoms with Gasteiger partial charge in [0.1, 0.15) is 78.8 Å². The Morgan fingerprint density at radius 3 is 1.92 bits per heavy atom. The van der Waals surface area contributed by atoms with E-state index in [1.165, 1.54) is 33.3 Å². The lowest BCUT2D eigenvalue weighted by Crippen LogP contribution is -2.75. The van der Waals surface area contributed by atoms with Crippen molar-refractivity contribution < 1.29 is 98.2 Å². The molecule has 0 bridgehead atoms. The van der Waals surface area contributed by atoms with E-state index >= 15 is 0 Å². The molecule has 24 atom stereocenters. The summed E-state index contributed by atoms with van der Waals surface area (Å²) < 4.78 is 51.8. The van der Waals surface area contributed by atoms with E-state index in [-0.39, 0.29) is 31.1 Å². The van der Waals surface area contributed by atoms with Crippen LogP contribution in [0.5, 0.6) is 0 Å². The Kier molecular flexibility index (Phi) is 14.3. The first kappa shape index (κ1) is 50.1. The highest BCUT2D eigenvalue weighted by atomic mass is 16.8. The number of aliphatic hydroxyl groups excluding tert-OH is 8. The van der Waals surface area contributed by atoms with Crippen LogP contribution in [0.4, 0.5) is 0 Å². The number of methoxy groups -OCH3 is 1. The van der Waals surface area contributed by atoms with E-state index < -0.39 is 157 Å². The molecule has 0 radical (unpaired) electrons. The molecule has 4 saturated carbocycles. The van der Waals surface area contributed by atoms with Crippen molar-refractivity contribution in [3.05, 3.63) is 34.4 Å². The van der Waals surface area contributed by atoms with Crippen LogP contribution in [0, 0.1) is 22.7 Å². The molecule has 374 valence electrons. The first-order valence-electron chi connectivity index (χ1n) is 23.1. The van der Waals surface area contributed by atoms with Crippen molar-refractivity contribution in [2.24, 2.45) is 22.7 Å². The summed E-state index contributed by atoms with van der Waals surface area (Å²) in [5, 5.41) is 113. The maximum atomic E-state index is 13.0. The van der Waals surface area contributed by atoms with Gasteiger partial charge >= 0.3 is 11.6 Å². The Morgan fingerprint density at radius 1 is 0.758 bits per heavy atom. The fraction of sp³-hybridized carbons (Fsp3) is 0.867. The summed E-state index contributed by atoms with van der Waals surface area (Å²) in [5.74, 6) is -1.54. The first-order chi connectivity index (χ1) is 31.2. The number of esters is 1. The van der Waals surface area contributed by atoms with Crippen molar-refractivity contribution in [1.29, 1.82) is 0 Å². The lowest BCUT2D eigenvalue weighted by Gasteiger charge is -2.68. The lowest BCUT2D eigenvalue weighted by atomic mass is 9.40. The third-order valence-corrected chi connectivity index (χ3v) is 16.9. The van der Waals surface area contributed by atoms with Gasteiger partial charge in [0.2, 0.25) is 0 Å². The van der Waals surface area contributed by atoms with E-state index in [1.54, 1.807) is 6.07 Å². The zero-order valence-electron chi connectivity index (χ0n) is 37.8. The molecule has 21 heteroatoms. The van der Waals surface area contributed by atoms with E-state index in [2.05, 4.69) is 0 Å². The highest BCUT2D eigenvalue weighted by molar-refractivity contribution is 5.66. The molecule has 3 saturated heterocycles. The van der Waals surface area contributed by atoms with E-state index in [0.717, 1.165) is 5.56 Å². The molecule has 4 heterocycles. The van der Waals surface area contributed by atoms with Crippen molar-refractivity contribution in [3.8, 4) is 0 Å². The quantitative estimate of drug-likeness (QED) is 0.0852. The predicted octanol–water partition coefficient (Wildman–Crippen LogP) is -1.95. The van der Waals surface area contributed by atoms with Gasteiger partial charge in [-0.15, -0.1) is 0 Å². The van der Waals surface area contributed by atoms with Crippen LogP contribution in [-0.2, 0) is 42.7 Å². The molecular weight excluding hydrogens is 876 g/mol. The first-order valence-corrected chi connectivity index (χ1v) is 23.1. The molecule has 21 nitrogen and oxygen atoms in total. The third-order valence-electron chi connectivity index (χ3n) is 16.9. The number of aliphatic hydroxyl groups is 10. The van der Waals surface area contributed by atoms with Crippen LogP contribution < -0.4 is 5.63 Å². The Labute approximate surface area is 381 Å². The highest BCUT2D eigenvalue weighted by Gasteiger charge is 2.76. The lowest BCUT2D eigenvalue weighted by molar-refractivity contribution is -0.381. The summed E-state index contributed by atoms with van der Waals surface area (Å²) in [5.41, 5.74) is -4.40. The number of fused-ring (bicyclic) bond motifs is 5. The number of rotatable bonds is 11.